The molecule has 10 heavy (non-hydrogen) atoms. The van der Waals surface area contributed by atoms with Gasteiger partial charge in [0.25, 0.3) is 0 Å². The summed E-state index contributed by atoms with van der Waals surface area (Å²) in [6.45, 7) is 6.91. The third-order valence-electron chi connectivity index (χ3n) is 2.50. The Kier molecular flexibility index (Phi) is 2.53. The SMILES string of the molecule is CCC1=C(C(C)C)CCC1. The van der Waals surface area contributed by atoms with Gasteiger partial charge < -0.3 is 0 Å². The zero-order valence-corrected chi connectivity index (χ0v) is 7.41. The second-order valence-electron chi connectivity index (χ2n) is 3.49. The maximum Gasteiger partial charge on any atom is -0.0257 e. The first-order chi connectivity index (χ1) is 4.75. The van der Waals surface area contributed by atoms with Crippen LogP contribution in [0.3, 0.4) is 0 Å². The smallest absolute Gasteiger partial charge is 0.0257 e. The molecular weight excluding hydrogens is 120 g/mol. The summed E-state index contributed by atoms with van der Waals surface area (Å²) in [5.41, 5.74) is 3.50. The number of hydrogen-bond acceptors (Lipinski definition) is 0. The Bertz CT molecular complexity index is 140. The molecule has 0 radical (unpaired) electrons. The van der Waals surface area contributed by atoms with Crippen LogP contribution in [0, 0.1) is 5.92 Å². The lowest BCUT2D eigenvalue weighted by molar-refractivity contribution is 0.722. The first-order valence-corrected chi connectivity index (χ1v) is 4.46. The minimum absolute atomic E-state index is 0.803. The van der Waals surface area contributed by atoms with E-state index in [1.54, 1.807) is 11.1 Å². The van der Waals surface area contributed by atoms with E-state index in [9.17, 15) is 0 Å². The summed E-state index contributed by atoms with van der Waals surface area (Å²) in [7, 11) is 0. The lowest BCUT2D eigenvalue weighted by Gasteiger charge is -2.08. The molecule has 0 aromatic rings. The molecule has 0 bridgehead atoms. The summed E-state index contributed by atoms with van der Waals surface area (Å²) in [5, 5.41) is 0. The van der Waals surface area contributed by atoms with Crippen molar-refractivity contribution in [3.05, 3.63) is 11.1 Å². The van der Waals surface area contributed by atoms with Crippen LogP contribution in [0.5, 0.6) is 0 Å². The molecule has 58 valence electrons. The molecule has 0 nitrogen and oxygen atoms in total. The molecule has 1 aliphatic carbocycles. The van der Waals surface area contributed by atoms with E-state index in [2.05, 4.69) is 20.8 Å². The van der Waals surface area contributed by atoms with E-state index in [1.807, 2.05) is 0 Å². The third-order valence-corrected chi connectivity index (χ3v) is 2.50. The van der Waals surface area contributed by atoms with Gasteiger partial charge in [-0.25, -0.2) is 0 Å². The monoisotopic (exact) mass is 138 g/mol. The van der Waals surface area contributed by atoms with Crippen LogP contribution in [-0.4, -0.2) is 0 Å². The van der Waals surface area contributed by atoms with Gasteiger partial charge in [0, 0.05) is 0 Å². The number of rotatable bonds is 2. The molecule has 0 aliphatic heterocycles. The number of allylic oxidation sites excluding steroid dienone is 2. The summed E-state index contributed by atoms with van der Waals surface area (Å²) in [6.07, 6.45) is 5.45. The predicted molar refractivity (Wildman–Crippen MR) is 46.0 cm³/mol. The number of hydrogen-bond donors (Lipinski definition) is 0. The molecule has 0 aromatic carbocycles. The standard InChI is InChI=1S/C10H18/c1-4-9-6-5-7-10(9)8(2)3/h8H,4-7H2,1-3H3. The second kappa shape index (κ2) is 3.23. The zero-order valence-electron chi connectivity index (χ0n) is 7.41. The summed E-state index contributed by atoms with van der Waals surface area (Å²) in [6, 6.07) is 0. The molecule has 0 spiro atoms. The van der Waals surface area contributed by atoms with Crippen molar-refractivity contribution in [1.82, 2.24) is 0 Å². The van der Waals surface area contributed by atoms with Gasteiger partial charge in [0.05, 0.1) is 0 Å². The first-order valence-electron chi connectivity index (χ1n) is 4.46. The van der Waals surface area contributed by atoms with Gasteiger partial charge >= 0.3 is 0 Å². The van der Waals surface area contributed by atoms with Crippen LogP contribution in [0.1, 0.15) is 46.5 Å². The highest BCUT2D eigenvalue weighted by atomic mass is 14.2. The van der Waals surface area contributed by atoms with E-state index in [1.165, 1.54) is 25.7 Å². The van der Waals surface area contributed by atoms with Crippen LogP contribution in [0.25, 0.3) is 0 Å². The Labute approximate surface area is 64.3 Å². The van der Waals surface area contributed by atoms with E-state index >= 15 is 0 Å². The van der Waals surface area contributed by atoms with Gasteiger partial charge in [-0.15, -0.1) is 0 Å². The van der Waals surface area contributed by atoms with Crippen molar-refractivity contribution >= 4 is 0 Å². The molecular formula is C10H18. The highest BCUT2D eigenvalue weighted by Crippen LogP contribution is 2.32. The van der Waals surface area contributed by atoms with Gasteiger partial charge in [-0.3, -0.25) is 0 Å². The van der Waals surface area contributed by atoms with Crippen LogP contribution >= 0.6 is 0 Å². The van der Waals surface area contributed by atoms with E-state index < -0.39 is 0 Å². The molecule has 0 atom stereocenters. The lowest BCUT2D eigenvalue weighted by atomic mass is 9.98. The fourth-order valence-electron chi connectivity index (χ4n) is 1.93. The molecule has 0 aromatic heterocycles. The normalized spacial score (nSPS) is 19.2. The molecule has 1 rings (SSSR count). The fraction of sp³-hybridized carbons (Fsp3) is 0.800. The Balaban J connectivity index is 2.68. The largest absolute Gasteiger partial charge is 0.0710 e. The van der Waals surface area contributed by atoms with Crippen LogP contribution < -0.4 is 0 Å². The van der Waals surface area contributed by atoms with Gasteiger partial charge in [-0.2, -0.15) is 0 Å². The topological polar surface area (TPSA) is 0 Å². The zero-order chi connectivity index (χ0) is 7.56. The maximum absolute atomic E-state index is 2.32. The molecule has 1 aliphatic rings. The Morgan fingerprint density at radius 2 is 2.00 bits per heavy atom. The van der Waals surface area contributed by atoms with Crippen molar-refractivity contribution in [3.8, 4) is 0 Å². The molecule has 0 fully saturated rings. The van der Waals surface area contributed by atoms with Crippen molar-refractivity contribution in [2.75, 3.05) is 0 Å². The van der Waals surface area contributed by atoms with E-state index in [0.29, 0.717) is 0 Å². The summed E-state index contributed by atoms with van der Waals surface area (Å²) >= 11 is 0. The molecule has 0 saturated carbocycles. The van der Waals surface area contributed by atoms with Crippen LogP contribution in [0.4, 0.5) is 0 Å². The lowest BCUT2D eigenvalue weighted by Crippen LogP contribution is -1.92. The molecule has 0 amide bonds. The van der Waals surface area contributed by atoms with E-state index in [4.69, 9.17) is 0 Å². The van der Waals surface area contributed by atoms with Gasteiger partial charge in [-0.1, -0.05) is 31.9 Å². The molecule has 0 heteroatoms. The minimum Gasteiger partial charge on any atom is -0.0710 e. The Morgan fingerprint density at radius 1 is 1.30 bits per heavy atom. The fourth-order valence-corrected chi connectivity index (χ4v) is 1.93. The second-order valence-corrected chi connectivity index (χ2v) is 3.49. The molecule has 0 N–H and O–H groups in total. The molecule has 0 saturated heterocycles. The average molecular weight is 138 g/mol. The van der Waals surface area contributed by atoms with Crippen LogP contribution in [-0.2, 0) is 0 Å². The highest BCUT2D eigenvalue weighted by molar-refractivity contribution is 5.20. The van der Waals surface area contributed by atoms with Crippen molar-refractivity contribution in [2.45, 2.75) is 46.5 Å². The average Bonchev–Trinajstić information content (AvgIpc) is 2.33. The van der Waals surface area contributed by atoms with Crippen molar-refractivity contribution in [3.63, 3.8) is 0 Å². The van der Waals surface area contributed by atoms with Gasteiger partial charge in [0.2, 0.25) is 0 Å². The minimum atomic E-state index is 0.803. The Hall–Kier alpha value is -0.260. The van der Waals surface area contributed by atoms with Crippen LogP contribution in [0.15, 0.2) is 11.1 Å². The van der Waals surface area contributed by atoms with Crippen molar-refractivity contribution < 1.29 is 0 Å². The van der Waals surface area contributed by atoms with Crippen LogP contribution in [0.2, 0.25) is 0 Å². The van der Waals surface area contributed by atoms with E-state index in [0.717, 1.165) is 5.92 Å². The first kappa shape index (κ1) is 7.84. The molecule has 0 heterocycles. The molecule has 0 unspecified atom stereocenters. The van der Waals surface area contributed by atoms with Gasteiger partial charge in [-0.05, 0) is 31.6 Å². The maximum atomic E-state index is 2.32. The summed E-state index contributed by atoms with van der Waals surface area (Å²) in [4.78, 5) is 0. The highest BCUT2D eigenvalue weighted by Gasteiger charge is 2.14. The van der Waals surface area contributed by atoms with Crippen molar-refractivity contribution in [2.24, 2.45) is 5.92 Å². The van der Waals surface area contributed by atoms with E-state index in [-0.39, 0.29) is 0 Å². The van der Waals surface area contributed by atoms with Gasteiger partial charge in [0.15, 0.2) is 0 Å². The van der Waals surface area contributed by atoms with Crippen molar-refractivity contribution in [1.29, 1.82) is 0 Å². The van der Waals surface area contributed by atoms with Gasteiger partial charge in [0.1, 0.15) is 0 Å². The quantitative estimate of drug-likeness (QED) is 0.512. The third kappa shape index (κ3) is 1.42. The summed E-state index contributed by atoms with van der Waals surface area (Å²) < 4.78 is 0. The summed E-state index contributed by atoms with van der Waals surface area (Å²) in [5.74, 6) is 0.803. The Morgan fingerprint density at radius 3 is 2.40 bits per heavy atom. The predicted octanol–water partition coefficient (Wildman–Crippen LogP) is 3.53.